The maximum atomic E-state index is 11.8. The summed E-state index contributed by atoms with van der Waals surface area (Å²) in [6.45, 7) is 1.77. The van der Waals surface area contributed by atoms with Gasteiger partial charge in [-0.1, -0.05) is 34.5 Å². The molecule has 0 saturated carbocycles. The number of benzene rings is 1. The molecule has 0 spiro atoms. The van der Waals surface area contributed by atoms with Gasteiger partial charge in [-0.25, -0.2) is 13.1 Å². The maximum absolute atomic E-state index is 11.8. The number of rotatable bonds is 4. The third-order valence-electron chi connectivity index (χ3n) is 2.00. The average Bonchev–Trinajstić information content (AvgIpc) is 2.27. The van der Waals surface area contributed by atoms with E-state index in [9.17, 15) is 13.2 Å². The second-order valence-electron chi connectivity index (χ2n) is 3.30. The van der Waals surface area contributed by atoms with E-state index in [1.165, 1.54) is 24.3 Å². The molecule has 0 aliphatic carbocycles. The number of hydrogen-bond donors (Lipinski definition) is 1. The number of nitrogens with one attached hydrogen (secondary N) is 1. The fraction of sp³-hybridized carbons (Fsp3) is 0.300. The first-order chi connectivity index (χ1) is 7.86. The first kappa shape index (κ1) is 14.5. The van der Waals surface area contributed by atoms with E-state index in [2.05, 4.69) is 15.9 Å². The van der Waals surface area contributed by atoms with E-state index < -0.39 is 20.8 Å². The van der Waals surface area contributed by atoms with Gasteiger partial charge in [0, 0.05) is 5.02 Å². The Balaban J connectivity index is 2.89. The molecule has 0 aromatic heterocycles. The molecule has 0 radical (unpaired) electrons. The normalized spacial score (nSPS) is 13.1. The lowest BCUT2D eigenvalue weighted by Crippen LogP contribution is -2.35. The summed E-state index contributed by atoms with van der Waals surface area (Å²) in [5.41, 5.74) is 0. The molecule has 1 amide bonds. The van der Waals surface area contributed by atoms with Crippen LogP contribution in [0.15, 0.2) is 29.2 Å². The minimum atomic E-state index is -3.82. The Kier molecular flexibility index (Phi) is 4.97. The van der Waals surface area contributed by atoms with Crippen molar-refractivity contribution in [1.82, 2.24) is 4.72 Å². The molecule has 17 heavy (non-hydrogen) atoms. The van der Waals surface area contributed by atoms with E-state index in [0.717, 1.165) is 0 Å². The number of amides is 1. The molecule has 4 nitrogen and oxygen atoms in total. The highest BCUT2D eigenvalue weighted by Crippen LogP contribution is 2.14. The van der Waals surface area contributed by atoms with E-state index in [-0.39, 0.29) is 4.90 Å². The standard InChI is InChI=1S/C10H11BrClNO3S/c1-2-9(11)10(14)13-17(15,16)8-5-3-7(12)4-6-8/h3-6,9H,2H2,1H3,(H,13,14). The van der Waals surface area contributed by atoms with Crippen molar-refractivity contribution in [2.45, 2.75) is 23.1 Å². The Hall–Kier alpha value is -0.590. The molecule has 1 rings (SSSR count). The minimum Gasteiger partial charge on any atom is -0.273 e. The van der Waals surface area contributed by atoms with Crippen LogP contribution >= 0.6 is 27.5 Å². The Labute approximate surface area is 114 Å². The third-order valence-corrected chi connectivity index (χ3v) is 4.68. The summed E-state index contributed by atoms with van der Waals surface area (Å²) in [7, 11) is -3.82. The largest absolute Gasteiger partial charge is 0.273 e. The van der Waals surface area contributed by atoms with Crippen LogP contribution in [0, 0.1) is 0 Å². The number of sulfonamides is 1. The van der Waals surface area contributed by atoms with Gasteiger partial charge >= 0.3 is 0 Å². The highest BCUT2D eigenvalue weighted by molar-refractivity contribution is 9.10. The molecule has 1 unspecified atom stereocenters. The highest BCUT2D eigenvalue weighted by atomic mass is 79.9. The number of carbonyl (C=O) groups is 1. The molecule has 0 saturated heterocycles. The lowest BCUT2D eigenvalue weighted by molar-refractivity contribution is -0.118. The predicted octanol–water partition coefficient (Wildman–Crippen LogP) is 2.32. The van der Waals surface area contributed by atoms with Gasteiger partial charge < -0.3 is 0 Å². The van der Waals surface area contributed by atoms with Gasteiger partial charge in [0.2, 0.25) is 5.91 Å². The van der Waals surface area contributed by atoms with Crippen molar-refractivity contribution < 1.29 is 13.2 Å². The fourth-order valence-electron chi connectivity index (χ4n) is 1.05. The first-order valence-electron chi connectivity index (χ1n) is 4.83. The number of alkyl halides is 1. The first-order valence-corrected chi connectivity index (χ1v) is 7.61. The van der Waals surface area contributed by atoms with Gasteiger partial charge in [0.1, 0.15) is 0 Å². The van der Waals surface area contributed by atoms with Crippen LogP contribution < -0.4 is 4.72 Å². The van der Waals surface area contributed by atoms with Crippen LogP contribution in [0.1, 0.15) is 13.3 Å². The second-order valence-corrected chi connectivity index (χ2v) is 6.52. The van der Waals surface area contributed by atoms with E-state index in [1.807, 2.05) is 4.72 Å². The van der Waals surface area contributed by atoms with Crippen molar-refractivity contribution in [1.29, 1.82) is 0 Å². The Bertz CT molecular complexity index is 501. The van der Waals surface area contributed by atoms with Crippen LogP contribution in [0.4, 0.5) is 0 Å². The molecule has 1 atom stereocenters. The van der Waals surface area contributed by atoms with Crippen molar-refractivity contribution in [3.63, 3.8) is 0 Å². The van der Waals surface area contributed by atoms with Crippen LogP contribution in [0.3, 0.4) is 0 Å². The molecular weight excluding hydrogens is 330 g/mol. The minimum absolute atomic E-state index is 0.00560. The summed E-state index contributed by atoms with van der Waals surface area (Å²) in [6.07, 6.45) is 0.502. The SMILES string of the molecule is CCC(Br)C(=O)NS(=O)(=O)c1ccc(Cl)cc1. The molecule has 94 valence electrons. The molecule has 1 aromatic rings. The summed E-state index contributed by atoms with van der Waals surface area (Å²) < 4.78 is 25.5. The molecule has 1 N–H and O–H groups in total. The summed E-state index contributed by atoms with van der Waals surface area (Å²) >= 11 is 8.73. The molecule has 0 aliphatic rings. The lowest BCUT2D eigenvalue weighted by Gasteiger charge is -2.09. The van der Waals surface area contributed by atoms with Crippen LogP contribution in [-0.4, -0.2) is 19.2 Å². The Morgan fingerprint density at radius 3 is 2.41 bits per heavy atom. The average molecular weight is 341 g/mol. The highest BCUT2D eigenvalue weighted by Gasteiger charge is 2.21. The van der Waals surface area contributed by atoms with Crippen molar-refractivity contribution in [3.05, 3.63) is 29.3 Å². The Morgan fingerprint density at radius 2 is 1.94 bits per heavy atom. The van der Waals surface area contributed by atoms with Crippen molar-refractivity contribution in [3.8, 4) is 0 Å². The molecule has 0 fully saturated rings. The van der Waals surface area contributed by atoms with E-state index in [0.29, 0.717) is 11.4 Å². The van der Waals surface area contributed by atoms with E-state index in [1.54, 1.807) is 6.92 Å². The van der Waals surface area contributed by atoms with E-state index >= 15 is 0 Å². The third kappa shape index (κ3) is 3.97. The molecule has 7 heteroatoms. The van der Waals surface area contributed by atoms with Crippen LogP contribution in [-0.2, 0) is 14.8 Å². The summed E-state index contributed by atoms with van der Waals surface area (Å²) in [5.74, 6) is -0.581. The molecule has 1 aromatic carbocycles. The quantitative estimate of drug-likeness (QED) is 0.856. The van der Waals surface area contributed by atoms with Crippen molar-refractivity contribution >= 4 is 43.5 Å². The van der Waals surface area contributed by atoms with E-state index in [4.69, 9.17) is 11.6 Å². The topological polar surface area (TPSA) is 63.2 Å². The predicted molar refractivity (Wildman–Crippen MR) is 69.8 cm³/mol. The van der Waals surface area contributed by atoms with Crippen LogP contribution in [0.2, 0.25) is 5.02 Å². The van der Waals surface area contributed by atoms with Crippen LogP contribution in [0.5, 0.6) is 0 Å². The van der Waals surface area contributed by atoms with Gasteiger partial charge in [0.05, 0.1) is 9.72 Å². The summed E-state index contributed by atoms with van der Waals surface area (Å²) in [6, 6.07) is 5.58. The monoisotopic (exact) mass is 339 g/mol. The zero-order valence-corrected chi connectivity index (χ0v) is 12.1. The zero-order chi connectivity index (χ0) is 13.1. The van der Waals surface area contributed by atoms with Gasteiger partial charge in [0.25, 0.3) is 10.0 Å². The van der Waals surface area contributed by atoms with Gasteiger partial charge in [-0.3, -0.25) is 4.79 Å². The molecule has 0 aliphatic heterocycles. The number of carbonyl (C=O) groups excluding carboxylic acids is 1. The van der Waals surface area contributed by atoms with Crippen molar-refractivity contribution in [2.75, 3.05) is 0 Å². The van der Waals surface area contributed by atoms with Gasteiger partial charge in [-0.05, 0) is 30.7 Å². The van der Waals surface area contributed by atoms with Gasteiger partial charge in [0.15, 0.2) is 0 Å². The van der Waals surface area contributed by atoms with Gasteiger partial charge in [-0.15, -0.1) is 0 Å². The second kappa shape index (κ2) is 5.84. The number of hydrogen-bond acceptors (Lipinski definition) is 3. The molecule has 0 heterocycles. The smallest absolute Gasteiger partial charge is 0.264 e. The molecule has 0 bridgehead atoms. The number of halogens is 2. The summed E-state index contributed by atoms with van der Waals surface area (Å²) in [4.78, 5) is 10.9. The lowest BCUT2D eigenvalue weighted by atomic mass is 10.3. The molecular formula is C10H11BrClNO3S. The Morgan fingerprint density at radius 1 is 1.41 bits per heavy atom. The zero-order valence-electron chi connectivity index (χ0n) is 8.98. The fourth-order valence-corrected chi connectivity index (χ4v) is 2.47. The van der Waals surface area contributed by atoms with Crippen LogP contribution in [0.25, 0.3) is 0 Å². The van der Waals surface area contributed by atoms with Crippen molar-refractivity contribution in [2.24, 2.45) is 0 Å². The van der Waals surface area contributed by atoms with Gasteiger partial charge in [-0.2, -0.15) is 0 Å². The summed E-state index contributed by atoms with van der Waals surface area (Å²) in [5, 5.41) is 0.433. The maximum Gasteiger partial charge on any atom is 0.264 e.